The van der Waals surface area contributed by atoms with Crippen molar-refractivity contribution < 1.29 is 34.7 Å². The van der Waals surface area contributed by atoms with Crippen LogP contribution in [0.3, 0.4) is 0 Å². The lowest BCUT2D eigenvalue weighted by Gasteiger charge is -2.53. The van der Waals surface area contributed by atoms with Crippen LogP contribution in [0.5, 0.6) is 17.2 Å². The van der Waals surface area contributed by atoms with E-state index in [1.54, 1.807) is 18.2 Å². The number of aryl methyl sites for hydroxylation is 3. The first-order chi connectivity index (χ1) is 42.2. The molecule has 1 aliphatic heterocycles. The van der Waals surface area contributed by atoms with Crippen molar-refractivity contribution >= 4 is 27.5 Å². The number of nitrogens with zero attached hydrogens (tertiary/aromatic N) is 1. The zero-order chi connectivity index (χ0) is 60.4. The fourth-order valence-electron chi connectivity index (χ4n) is 19.3. The molecule has 13 N–H and O–H groups in total. The minimum Gasteiger partial charge on any atom is -0.508 e. The number of aromatic hydroxyl groups is 2. The molecular weight excluding hydrogens is 1130 g/mol. The van der Waals surface area contributed by atoms with Crippen molar-refractivity contribution in [1.29, 1.82) is 0 Å². The quantitative estimate of drug-likeness (QED) is 0.0171. The van der Waals surface area contributed by atoms with E-state index >= 15 is 0 Å². The van der Waals surface area contributed by atoms with Gasteiger partial charge in [-0.15, -0.1) is 0 Å². The molecule has 3 heterocycles. The van der Waals surface area contributed by atoms with Crippen LogP contribution in [0.1, 0.15) is 198 Å². The maximum atomic E-state index is 12.0. The Bertz CT molecular complexity index is 2980. The van der Waals surface area contributed by atoms with Gasteiger partial charge in [0, 0.05) is 89.8 Å². The number of ether oxygens (including phenoxy) is 1. The van der Waals surface area contributed by atoms with Crippen molar-refractivity contribution in [3.8, 4) is 17.2 Å². The van der Waals surface area contributed by atoms with Crippen molar-refractivity contribution in [3.63, 3.8) is 0 Å². The monoisotopic (exact) mass is 1230 g/mol. The van der Waals surface area contributed by atoms with Crippen LogP contribution in [0.25, 0.3) is 0 Å². The third-order valence-electron chi connectivity index (χ3n) is 23.4. The number of aromatic nitrogens is 1. The summed E-state index contributed by atoms with van der Waals surface area (Å²) in [6.45, 7) is 5.44. The third kappa shape index (κ3) is 13.5. The number of likely N-dealkylation sites (N-methyl/N-ethyl adjacent to an activating group) is 1. The molecule has 87 heavy (non-hydrogen) atoms. The van der Waals surface area contributed by atoms with Gasteiger partial charge in [0.15, 0.2) is 17.5 Å². The second-order valence-electron chi connectivity index (χ2n) is 28.6. The van der Waals surface area contributed by atoms with Gasteiger partial charge in [-0.05, 0) is 210 Å². The maximum absolute atomic E-state index is 12.0. The van der Waals surface area contributed by atoms with Gasteiger partial charge < -0.3 is 67.1 Å². The normalized spacial score (nSPS) is 33.2. The smallest absolute Gasteiger partial charge is 0.189 e. The Balaban J connectivity index is 0.659. The summed E-state index contributed by atoms with van der Waals surface area (Å²) in [5.74, 6) is 9.92. The van der Waals surface area contributed by atoms with Gasteiger partial charge in [0.2, 0.25) is 0 Å². The van der Waals surface area contributed by atoms with Gasteiger partial charge in [-0.3, -0.25) is 0 Å². The van der Waals surface area contributed by atoms with Gasteiger partial charge >= 0.3 is 0 Å². The van der Waals surface area contributed by atoms with Gasteiger partial charge in [-0.25, -0.2) is 4.99 Å². The minimum atomic E-state index is -0.945. The van der Waals surface area contributed by atoms with Crippen molar-refractivity contribution in [2.24, 2.45) is 68.7 Å². The van der Waals surface area contributed by atoms with Gasteiger partial charge in [-0.2, -0.15) is 0 Å². The molecule has 476 valence electrons. The second-order valence-corrected chi connectivity index (χ2v) is 31.2. The Morgan fingerprint density at radius 2 is 1.68 bits per heavy atom. The van der Waals surface area contributed by atoms with Crippen LogP contribution in [-0.2, 0) is 25.9 Å². The molecule has 14 nitrogen and oxygen atoms in total. The molecule has 6 bridgehead atoms. The molecule has 2 aromatic carbocycles. The number of benzene rings is 2. The van der Waals surface area contributed by atoms with Crippen LogP contribution < -0.4 is 32.2 Å². The van der Waals surface area contributed by atoms with Crippen molar-refractivity contribution in [1.82, 2.24) is 20.9 Å². The number of nitrogens with one attached hydrogen (secondary N) is 4. The molecule has 5 saturated carbocycles. The molecular formula is C71H103N7O7S2. The number of aliphatic hydroxyl groups excluding tert-OH is 3. The van der Waals surface area contributed by atoms with Crippen LogP contribution in [0.4, 0.5) is 0 Å². The fraction of sp³-hybridized carbons (Fsp3) is 0.676. The van der Waals surface area contributed by atoms with E-state index < -0.39 is 12.2 Å². The molecule has 0 amide bonds. The Morgan fingerprint density at radius 3 is 2.48 bits per heavy atom. The summed E-state index contributed by atoms with van der Waals surface area (Å²) >= 11 is 0. The summed E-state index contributed by atoms with van der Waals surface area (Å²) in [6.07, 6.45) is 26.9. The van der Waals surface area contributed by atoms with Crippen molar-refractivity contribution in [2.45, 2.75) is 209 Å². The van der Waals surface area contributed by atoms with E-state index in [2.05, 4.69) is 58.2 Å². The van der Waals surface area contributed by atoms with E-state index in [1.165, 1.54) is 81.0 Å². The highest BCUT2D eigenvalue weighted by molar-refractivity contribution is 8.76. The third-order valence-corrected chi connectivity index (χ3v) is 25.9. The van der Waals surface area contributed by atoms with E-state index in [4.69, 9.17) is 25.6 Å². The Morgan fingerprint density at radius 1 is 0.862 bits per heavy atom. The zero-order valence-electron chi connectivity index (χ0n) is 52.2. The largest absolute Gasteiger partial charge is 0.508 e. The molecule has 0 unspecified atom stereocenters. The molecule has 6 fully saturated rings. The summed E-state index contributed by atoms with van der Waals surface area (Å²) in [7, 11) is 5.97. The van der Waals surface area contributed by atoms with Crippen LogP contribution in [0, 0.1) is 52.3 Å². The lowest BCUT2D eigenvalue weighted by atomic mass is 9.52. The van der Waals surface area contributed by atoms with E-state index in [1.807, 2.05) is 53.8 Å². The van der Waals surface area contributed by atoms with Crippen LogP contribution >= 0.6 is 21.6 Å². The molecule has 0 radical (unpaired) electrons. The maximum Gasteiger partial charge on any atom is 0.189 e. The summed E-state index contributed by atoms with van der Waals surface area (Å²) in [4.78, 5) is 9.06. The number of nitrogens with two attached hydrogens (primary N) is 2. The molecule has 9 aliphatic rings. The van der Waals surface area contributed by atoms with Crippen LogP contribution in [0.15, 0.2) is 76.2 Å². The lowest BCUT2D eigenvalue weighted by Crippen LogP contribution is -2.52. The van der Waals surface area contributed by atoms with Crippen molar-refractivity contribution in [2.75, 3.05) is 38.2 Å². The highest BCUT2D eigenvalue weighted by atomic mass is 33.1. The lowest BCUT2D eigenvalue weighted by molar-refractivity contribution is 0.0354. The molecule has 2 spiro atoms. The number of H-pyrrole nitrogens is 1. The SMILES string of the molecule is CNC[C@H](NC[C@H](C)O)[C@H]1c2cc([C@@H](O)COc3cc(CCc4cc(CO)c(CC[C@@H]5CC[C@H]6[C@H]7CSSC[C@@H](N=C(N)N[C@H]8CCC[C@H](c9ccc(O)cc9)C8)[C@@H](C)CC[C@H]6[C@H](C5)C[C@H]7N)o4)ccc3O)[nH]c2[C@H]2C=C[C@@]13CCC[C@@H]3C21CCCC1. The number of aliphatic hydroxyl groups is 3. The van der Waals surface area contributed by atoms with Crippen LogP contribution in [0.2, 0.25) is 0 Å². The second kappa shape index (κ2) is 27.8. The molecule has 2 aromatic heterocycles. The molecule has 16 heteroatoms. The number of rotatable bonds is 20. The summed E-state index contributed by atoms with van der Waals surface area (Å²) < 4.78 is 12.9. The molecule has 17 atom stereocenters. The molecule has 4 aromatic rings. The average molecular weight is 1230 g/mol. The number of aliphatic imine (C=N–C) groups is 1. The summed E-state index contributed by atoms with van der Waals surface area (Å²) in [5, 5.41) is 65.0. The van der Waals surface area contributed by atoms with E-state index in [9.17, 15) is 25.5 Å². The summed E-state index contributed by atoms with van der Waals surface area (Å²) in [6, 6.07) is 18.2. The predicted molar refractivity (Wildman–Crippen MR) is 351 cm³/mol. The Labute approximate surface area is 525 Å². The van der Waals surface area contributed by atoms with Crippen LogP contribution in [-0.4, -0.2) is 105 Å². The van der Waals surface area contributed by atoms with E-state index in [0.29, 0.717) is 84.2 Å². The van der Waals surface area contributed by atoms with E-state index in [-0.39, 0.29) is 65.8 Å². The number of hydrogen-bond donors (Lipinski definition) is 11. The Kier molecular flexibility index (Phi) is 20.1. The van der Waals surface area contributed by atoms with Gasteiger partial charge in [0.1, 0.15) is 30.0 Å². The number of aromatic amines is 1. The molecule has 8 aliphatic carbocycles. The fourth-order valence-corrected chi connectivity index (χ4v) is 22.1. The minimum absolute atomic E-state index is 0.000598. The first-order valence-electron chi connectivity index (χ1n) is 33.9. The predicted octanol–water partition coefficient (Wildman–Crippen LogP) is 11.8. The number of allylic oxidation sites excluding steroid dienone is 2. The topological polar surface area (TPSA) is 240 Å². The van der Waals surface area contributed by atoms with E-state index in [0.717, 1.165) is 104 Å². The van der Waals surface area contributed by atoms with Gasteiger partial charge in [0.25, 0.3) is 0 Å². The van der Waals surface area contributed by atoms with Gasteiger partial charge in [-0.1, -0.05) is 91.0 Å². The first-order valence-corrected chi connectivity index (χ1v) is 36.4. The highest BCUT2D eigenvalue weighted by Gasteiger charge is 2.65. The average Bonchev–Trinajstić information content (AvgIpc) is 1.54. The van der Waals surface area contributed by atoms with Crippen molar-refractivity contribution in [3.05, 3.63) is 112 Å². The molecule has 13 rings (SSSR count). The number of furan rings is 1. The number of guanidine groups is 1. The standard InChI is InChI=1S/C71H103N7O7S2/c1-42-11-21-53-48-30-44(13-22-54(53)56(58(72)34-48)40-86-87-41-61(42)78-69(73)76-50-9-6-8-47(32-50)46-16-18-51(81)19-17-46)15-24-64-49(38-79)33-52(85-64)20-12-45-14-23-62(82)65(31-45)84-39-63(83)59-35-55-67(60(37-74-3)75-36-43(2)80)71-28-7-10-66(71)70(26-4-5-27-70)57(25-29-71)68(55)77-59/h14,16-19,23,25,29,31,33,35,42-44,47-48,50,53-54,56-58,60-61,63,66-67,74-75,77,79-83H,4-13,15,20-22,24,26-28,30,32,34,36-41,72H2,1-3H3,(H3,73,76,78)/t42-,43-,44-,47-,48+,50-,53-,54+,56+,57+,58+,60-,61+,63-,66+,67+,71+/m0/s1. The number of phenols is 2. The number of phenolic OH excluding ortho intramolecular Hbond substituents is 2. The van der Waals surface area contributed by atoms with Gasteiger partial charge in [0.05, 0.1) is 18.8 Å². The highest BCUT2D eigenvalue weighted by Crippen LogP contribution is 2.73. The Hall–Kier alpha value is -4.13. The number of hydrogen-bond acceptors (Lipinski definition) is 13. The summed E-state index contributed by atoms with van der Waals surface area (Å²) in [5.41, 5.74) is 20.5. The first kappa shape index (κ1) is 63.0. The zero-order valence-corrected chi connectivity index (χ0v) is 53.8. The molecule has 1 saturated heterocycles.